The Morgan fingerprint density at radius 2 is 2.14 bits per heavy atom. The highest BCUT2D eigenvalue weighted by atomic mass is 16.6. The molecule has 1 aliphatic rings. The van der Waals surface area contributed by atoms with E-state index in [1.807, 2.05) is 20.8 Å². The summed E-state index contributed by atoms with van der Waals surface area (Å²) >= 11 is 0. The van der Waals surface area contributed by atoms with Crippen LogP contribution in [0, 0.1) is 5.41 Å². The number of hydrogen-bond donors (Lipinski definition) is 2. The van der Waals surface area contributed by atoms with Crippen molar-refractivity contribution >= 4 is 12.1 Å². The predicted octanol–water partition coefficient (Wildman–Crippen LogP) is 0.984. The molecule has 1 aliphatic heterocycles. The molecular formula is C9H15NO4. The number of carbonyl (C=O) groups is 2. The Balaban J connectivity index is 2.73. The molecule has 2 atom stereocenters. The van der Waals surface area contributed by atoms with Gasteiger partial charge in [-0.25, -0.2) is 4.79 Å². The van der Waals surface area contributed by atoms with Crippen molar-refractivity contribution in [2.45, 2.75) is 39.3 Å². The summed E-state index contributed by atoms with van der Waals surface area (Å²) in [5.41, 5.74) is -0.251. The molecule has 1 saturated heterocycles. The fourth-order valence-corrected chi connectivity index (χ4v) is 1.62. The fraction of sp³-hybridized carbons (Fsp3) is 0.778. The Hall–Kier alpha value is -1.26. The molecule has 0 saturated carbocycles. The van der Waals surface area contributed by atoms with Crippen molar-refractivity contribution in [2.24, 2.45) is 5.41 Å². The number of amides is 1. The maximum absolute atomic E-state index is 11.0. The SMILES string of the molecule is CC(C)(C)C1OC(=O)C[C@@H]1NC(=O)O. The molecule has 1 unspecified atom stereocenters. The van der Waals surface area contributed by atoms with Crippen LogP contribution >= 0.6 is 0 Å². The molecule has 0 spiro atoms. The van der Waals surface area contributed by atoms with Gasteiger partial charge in [0.25, 0.3) is 0 Å². The number of nitrogens with one attached hydrogen (secondary N) is 1. The first kappa shape index (κ1) is 10.8. The van der Waals surface area contributed by atoms with Gasteiger partial charge in [0.2, 0.25) is 0 Å². The second-order valence-electron chi connectivity index (χ2n) is 4.54. The normalized spacial score (nSPS) is 27.2. The fourth-order valence-electron chi connectivity index (χ4n) is 1.62. The van der Waals surface area contributed by atoms with Crippen LogP contribution in [0.25, 0.3) is 0 Å². The Bertz CT molecular complexity index is 256. The number of carboxylic acid groups (broad SMARTS) is 1. The predicted molar refractivity (Wildman–Crippen MR) is 48.9 cm³/mol. The summed E-state index contributed by atoms with van der Waals surface area (Å²) < 4.78 is 5.07. The first-order valence-corrected chi connectivity index (χ1v) is 4.49. The van der Waals surface area contributed by atoms with E-state index >= 15 is 0 Å². The Morgan fingerprint density at radius 1 is 1.57 bits per heavy atom. The largest absolute Gasteiger partial charge is 0.465 e. The molecule has 0 aromatic heterocycles. The first-order valence-electron chi connectivity index (χ1n) is 4.49. The van der Waals surface area contributed by atoms with Crippen molar-refractivity contribution in [1.82, 2.24) is 5.32 Å². The number of carbonyl (C=O) groups excluding carboxylic acids is 1. The van der Waals surface area contributed by atoms with Crippen molar-refractivity contribution < 1.29 is 19.4 Å². The van der Waals surface area contributed by atoms with E-state index in [1.165, 1.54) is 0 Å². The van der Waals surface area contributed by atoms with Crippen molar-refractivity contribution in [1.29, 1.82) is 0 Å². The highest BCUT2D eigenvalue weighted by molar-refractivity contribution is 5.75. The van der Waals surface area contributed by atoms with Crippen LogP contribution in [0.1, 0.15) is 27.2 Å². The molecule has 1 amide bonds. The van der Waals surface area contributed by atoms with Gasteiger partial charge >= 0.3 is 12.1 Å². The van der Waals surface area contributed by atoms with Crippen LogP contribution in [0.3, 0.4) is 0 Å². The lowest BCUT2D eigenvalue weighted by atomic mass is 9.85. The Kier molecular flexibility index (Phi) is 2.69. The van der Waals surface area contributed by atoms with Crippen LogP contribution < -0.4 is 5.32 Å². The van der Waals surface area contributed by atoms with E-state index in [0.29, 0.717) is 0 Å². The van der Waals surface area contributed by atoms with E-state index < -0.39 is 12.1 Å². The average Bonchev–Trinajstić information content (AvgIpc) is 2.28. The van der Waals surface area contributed by atoms with E-state index in [-0.39, 0.29) is 23.9 Å². The van der Waals surface area contributed by atoms with E-state index in [0.717, 1.165) is 0 Å². The number of hydrogen-bond acceptors (Lipinski definition) is 3. The van der Waals surface area contributed by atoms with E-state index in [1.54, 1.807) is 0 Å². The molecule has 0 aliphatic carbocycles. The van der Waals surface area contributed by atoms with Crippen molar-refractivity contribution in [3.63, 3.8) is 0 Å². The molecule has 5 nitrogen and oxygen atoms in total. The third-order valence-corrected chi connectivity index (χ3v) is 2.17. The molecule has 0 aromatic carbocycles. The van der Waals surface area contributed by atoms with Crippen LogP contribution in [0.5, 0.6) is 0 Å². The van der Waals surface area contributed by atoms with Gasteiger partial charge in [0.1, 0.15) is 6.10 Å². The molecular weight excluding hydrogens is 186 g/mol. The zero-order chi connectivity index (χ0) is 10.9. The number of esters is 1. The molecule has 14 heavy (non-hydrogen) atoms. The summed E-state index contributed by atoms with van der Waals surface area (Å²) in [5, 5.41) is 10.9. The molecule has 2 N–H and O–H groups in total. The Morgan fingerprint density at radius 3 is 2.57 bits per heavy atom. The maximum atomic E-state index is 11.0. The van der Waals surface area contributed by atoms with Gasteiger partial charge in [0.05, 0.1) is 12.5 Å². The third-order valence-electron chi connectivity index (χ3n) is 2.17. The second-order valence-corrected chi connectivity index (χ2v) is 4.54. The zero-order valence-electron chi connectivity index (χ0n) is 8.53. The van der Waals surface area contributed by atoms with Gasteiger partial charge in [0.15, 0.2) is 0 Å². The van der Waals surface area contributed by atoms with Crippen molar-refractivity contribution in [2.75, 3.05) is 0 Å². The third kappa shape index (κ3) is 2.37. The Labute approximate surface area is 82.4 Å². The summed E-state index contributed by atoms with van der Waals surface area (Å²) in [4.78, 5) is 21.5. The maximum Gasteiger partial charge on any atom is 0.405 e. The quantitative estimate of drug-likeness (QED) is 0.620. The van der Waals surface area contributed by atoms with Crippen LogP contribution in [-0.4, -0.2) is 29.3 Å². The van der Waals surface area contributed by atoms with Gasteiger partial charge in [0, 0.05) is 5.41 Å². The minimum Gasteiger partial charge on any atom is -0.465 e. The molecule has 1 fully saturated rings. The smallest absolute Gasteiger partial charge is 0.405 e. The van der Waals surface area contributed by atoms with Crippen LogP contribution in [0.15, 0.2) is 0 Å². The zero-order valence-corrected chi connectivity index (χ0v) is 8.53. The van der Waals surface area contributed by atoms with Crippen molar-refractivity contribution in [3.8, 4) is 0 Å². The minimum absolute atomic E-state index is 0.119. The highest BCUT2D eigenvalue weighted by Gasteiger charge is 2.42. The van der Waals surface area contributed by atoms with Gasteiger partial charge in [-0.05, 0) is 0 Å². The number of rotatable bonds is 1. The molecule has 1 heterocycles. The van der Waals surface area contributed by atoms with E-state index in [9.17, 15) is 9.59 Å². The van der Waals surface area contributed by atoms with E-state index in [2.05, 4.69) is 5.32 Å². The van der Waals surface area contributed by atoms with E-state index in [4.69, 9.17) is 9.84 Å². The summed E-state index contributed by atoms with van der Waals surface area (Å²) in [6, 6.07) is -0.431. The summed E-state index contributed by atoms with van der Waals surface area (Å²) in [6.45, 7) is 5.73. The lowest BCUT2D eigenvalue weighted by Crippen LogP contribution is -2.45. The van der Waals surface area contributed by atoms with Gasteiger partial charge < -0.3 is 15.2 Å². The van der Waals surface area contributed by atoms with Crippen LogP contribution in [-0.2, 0) is 9.53 Å². The van der Waals surface area contributed by atoms with Crippen molar-refractivity contribution in [3.05, 3.63) is 0 Å². The minimum atomic E-state index is -1.12. The summed E-state index contributed by atoms with van der Waals surface area (Å²) in [7, 11) is 0. The molecule has 0 radical (unpaired) electrons. The van der Waals surface area contributed by atoms with Crippen LogP contribution in [0.4, 0.5) is 4.79 Å². The summed E-state index contributed by atoms with van der Waals surface area (Å²) in [5.74, 6) is -0.344. The standard InChI is InChI=1S/C9H15NO4/c1-9(2,3)7-5(10-8(12)13)4-6(11)14-7/h5,7,10H,4H2,1-3H3,(H,12,13)/t5-,7?/m0/s1. The van der Waals surface area contributed by atoms with Crippen LogP contribution in [0.2, 0.25) is 0 Å². The first-order chi connectivity index (χ1) is 6.30. The topological polar surface area (TPSA) is 75.6 Å². The second kappa shape index (κ2) is 3.48. The molecule has 5 heteroatoms. The van der Waals surface area contributed by atoms with Gasteiger partial charge in [-0.2, -0.15) is 0 Å². The molecule has 0 bridgehead atoms. The number of cyclic esters (lactones) is 1. The van der Waals surface area contributed by atoms with Gasteiger partial charge in [-0.1, -0.05) is 20.8 Å². The average molecular weight is 201 g/mol. The highest BCUT2D eigenvalue weighted by Crippen LogP contribution is 2.31. The van der Waals surface area contributed by atoms with Gasteiger partial charge in [-0.3, -0.25) is 4.79 Å². The summed E-state index contributed by atoms with van der Waals surface area (Å²) in [6.07, 6.45) is -1.39. The van der Waals surface area contributed by atoms with Gasteiger partial charge in [-0.15, -0.1) is 0 Å². The molecule has 1 rings (SSSR count). The lowest BCUT2D eigenvalue weighted by Gasteiger charge is -2.29. The molecule has 80 valence electrons. The monoisotopic (exact) mass is 201 g/mol. The molecule has 0 aromatic rings. The lowest BCUT2D eigenvalue weighted by molar-refractivity contribution is -0.145. The number of ether oxygens (including phenoxy) is 1.